The van der Waals surface area contributed by atoms with Crippen LogP contribution in [-0.4, -0.2) is 55.2 Å². The minimum Gasteiger partial charge on any atom is -0.381 e. The molecule has 4 rings (SSSR count). The van der Waals surface area contributed by atoms with Crippen molar-refractivity contribution < 1.29 is 9.47 Å². The number of aryl methyl sites for hydroxylation is 1. The lowest BCUT2D eigenvalue weighted by molar-refractivity contribution is 0.164. The van der Waals surface area contributed by atoms with E-state index in [1.165, 1.54) is 10.6 Å². The van der Waals surface area contributed by atoms with E-state index in [0.29, 0.717) is 0 Å². The lowest BCUT2D eigenvalue weighted by Crippen LogP contribution is -2.28. The average Bonchev–Trinajstić information content (AvgIpc) is 3.33. The summed E-state index contributed by atoms with van der Waals surface area (Å²) in [7, 11) is 0. The van der Waals surface area contributed by atoms with Crippen LogP contribution in [0.15, 0.2) is 4.90 Å². The number of hydrogen-bond acceptors (Lipinski definition) is 7. The second-order valence-corrected chi connectivity index (χ2v) is 9.31. The van der Waals surface area contributed by atoms with Crippen LogP contribution in [0, 0.1) is 10.8 Å². The molecule has 0 bridgehead atoms. The van der Waals surface area contributed by atoms with Crippen molar-refractivity contribution in [2.24, 2.45) is 10.8 Å². The molecule has 2 N–H and O–H groups in total. The summed E-state index contributed by atoms with van der Waals surface area (Å²) < 4.78 is 11.1. The summed E-state index contributed by atoms with van der Waals surface area (Å²) in [5.41, 5.74) is 1.55. The fraction of sp³-hybridized carbons (Fsp3) is 0.778. The summed E-state index contributed by atoms with van der Waals surface area (Å²) in [6.45, 7) is 9.63. The maximum absolute atomic E-state index is 5.57. The number of rotatable bonds is 6. The zero-order valence-corrected chi connectivity index (χ0v) is 16.0. The van der Waals surface area contributed by atoms with Crippen molar-refractivity contribution in [1.29, 1.82) is 0 Å². The van der Waals surface area contributed by atoms with Gasteiger partial charge in [-0.1, -0.05) is 13.8 Å². The molecule has 3 aliphatic rings. The number of fused-ring (bicyclic) bond motifs is 1. The highest BCUT2D eigenvalue weighted by Gasteiger charge is 2.32. The largest absolute Gasteiger partial charge is 0.381 e. The molecule has 7 heteroatoms. The topological polar surface area (TPSA) is 68.3 Å². The first-order chi connectivity index (χ1) is 12.1. The van der Waals surface area contributed by atoms with Gasteiger partial charge in [-0.3, -0.25) is 0 Å². The van der Waals surface area contributed by atoms with E-state index in [0.717, 1.165) is 76.3 Å². The molecule has 0 radical (unpaired) electrons. The summed E-state index contributed by atoms with van der Waals surface area (Å²) >= 11 is 1.86. The molecule has 0 aliphatic carbocycles. The Morgan fingerprint density at radius 3 is 2.32 bits per heavy atom. The van der Waals surface area contributed by atoms with Crippen molar-refractivity contribution in [2.45, 2.75) is 38.0 Å². The van der Waals surface area contributed by atoms with Gasteiger partial charge in [0.05, 0.1) is 23.8 Å². The molecular formula is C18H28N4O2S. The van der Waals surface area contributed by atoms with Gasteiger partial charge in [-0.05, 0) is 12.8 Å². The smallest absolute Gasteiger partial charge is 0.224 e. The first-order valence-electron chi connectivity index (χ1n) is 9.22. The van der Waals surface area contributed by atoms with Crippen LogP contribution in [0.2, 0.25) is 0 Å². The van der Waals surface area contributed by atoms with Crippen LogP contribution in [0.25, 0.3) is 0 Å². The zero-order chi connectivity index (χ0) is 17.3. The van der Waals surface area contributed by atoms with Gasteiger partial charge in [-0.15, -0.1) is 11.8 Å². The van der Waals surface area contributed by atoms with Gasteiger partial charge in [0.1, 0.15) is 5.82 Å². The lowest BCUT2D eigenvalue weighted by Gasteiger charge is -2.24. The van der Waals surface area contributed by atoms with E-state index >= 15 is 0 Å². The summed E-state index contributed by atoms with van der Waals surface area (Å²) in [6.07, 6.45) is 3.21. The van der Waals surface area contributed by atoms with Gasteiger partial charge in [-0.25, -0.2) is 4.98 Å². The van der Waals surface area contributed by atoms with Crippen LogP contribution in [0.3, 0.4) is 0 Å². The third-order valence-electron chi connectivity index (χ3n) is 5.48. The van der Waals surface area contributed by atoms with Crippen LogP contribution in [0.5, 0.6) is 0 Å². The van der Waals surface area contributed by atoms with Crippen molar-refractivity contribution in [2.75, 3.05) is 55.9 Å². The van der Waals surface area contributed by atoms with Crippen LogP contribution < -0.4 is 10.6 Å². The molecule has 6 nitrogen and oxygen atoms in total. The van der Waals surface area contributed by atoms with E-state index in [1.54, 1.807) is 0 Å². The number of hydrogen-bond donors (Lipinski definition) is 2. The second-order valence-electron chi connectivity index (χ2n) is 8.20. The summed E-state index contributed by atoms with van der Waals surface area (Å²) in [4.78, 5) is 10.8. The fourth-order valence-electron chi connectivity index (χ4n) is 3.55. The van der Waals surface area contributed by atoms with Crippen molar-refractivity contribution in [1.82, 2.24) is 9.97 Å². The van der Waals surface area contributed by atoms with Gasteiger partial charge in [0, 0.05) is 49.3 Å². The Morgan fingerprint density at radius 2 is 1.68 bits per heavy atom. The van der Waals surface area contributed by atoms with Gasteiger partial charge in [0.15, 0.2) is 0 Å². The molecule has 3 aliphatic heterocycles. The van der Waals surface area contributed by atoms with Crippen molar-refractivity contribution >= 4 is 23.5 Å². The normalized spacial score (nSPS) is 31.3. The molecular weight excluding hydrogens is 336 g/mol. The highest BCUT2D eigenvalue weighted by molar-refractivity contribution is 7.99. The third-order valence-corrected chi connectivity index (χ3v) is 6.60. The summed E-state index contributed by atoms with van der Waals surface area (Å²) in [5, 5.41) is 7.05. The standard InChI is InChI=1S/C18H28N4O2S/c1-17(4-6-23-11-17)9-19-15-14-13(3-8-25-14)21-16(22-15)20-10-18(2)5-7-24-12-18/h3-12H2,1-2H3,(H2,19,20,21,22). The maximum atomic E-state index is 5.57. The van der Waals surface area contributed by atoms with E-state index in [4.69, 9.17) is 19.4 Å². The van der Waals surface area contributed by atoms with Crippen molar-refractivity contribution in [3.63, 3.8) is 0 Å². The molecule has 138 valence electrons. The third kappa shape index (κ3) is 3.88. The quantitative estimate of drug-likeness (QED) is 0.804. The Morgan fingerprint density at radius 1 is 1.00 bits per heavy atom. The monoisotopic (exact) mass is 364 g/mol. The molecule has 2 atom stereocenters. The first kappa shape index (κ1) is 17.4. The summed E-state index contributed by atoms with van der Waals surface area (Å²) in [6, 6.07) is 0. The molecule has 0 spiro atoms. The maximum Gasteiger partial charge on any atom is 0.224 e. The Kier molecular flexibility index (Phi) is 4.81. The molecule has 2 saturated heterocycles. The summed E-state index contributed by atoms with van der Waals surface area (Å²) in [5.74, 6) is 2.81. The highest BCUT2D eigenvalue weighted by Crippen LogP contribution is 2.37. The Bertz CT molecular complexity index is 628. The number of thioether (sulfide) groups is 1. The molecule has 2 fully saturated rings. The van der Waals surface area contributed by atoms with E-state index in [1.807, 2.05) is 11.8 Å². The fourth-order valence-corrected chi connectivity index (χ4v) is 4.62. The number of nitrogens with zero attached hydrogens (tertiary/aromatic N) is 2. The predicted octanol–water partition coefficient (Wildman–Crippen LogP) is 2.80. The minimum absolute atomic E-state index is 0.180. The van der Waals surface area contributed by atoms with Crippen LogP contribution in [-0.2, 0) is 15.9 Å². The van der Waals surface area contributed by atoms with Crippen molar-refractivity contribution in [3.05, 3.63) is 5.69 Å². The molecule has 25 heavy (non-hydrogen) atoms. The molecule has 1 aromatic heterocycles. The van der Waals surface area contributed by atoms with Crippen molar-refractivity contribution in [3.8, 4) is 0 Å². The molecule has 1 aromatic rings. The van der Waals surface area contributed by atoms with Gasteiger partial charge in [0.2, 0.25) is 5.95 Å². The first-order valence-corrected chi connectivity index (χ1v) is 10.2. The van der Waals surface area contributed by atoms with E-state index < -0.39 is 0 Å². The van der Waals surface area contributed by atoms with Gasteiger partial charge < -0.3 is 20.1 Å². The lowest BCUT2D eigenvalue weighted by atomic mass is 9.90. The van der Waals surface area contributed by atoms with Crippen LogP contribution >= 0.6 is 11.8 Å². The number of ether oxygens (including phenoxy) is 2. The molecule has 0 aromatic carbocycles. The SMILES string of the molecule is CC1(CNc2nc3c(c(NCC4(C)CCOC4)n2)SCC3)CCOC1. The minimum atomic E-state index is 0.180. The molecule has 0 amide bonds. The number of aromatic nitrogens is 2. The van der Waals surface area contributed by atoms with E-state index in [9.17, 15) is 0 Å². The average molecular weight is 365 g/mol. The molecule has 0 saturated carbocycles. The Labute approximate surface area is 153 Å². The second kappa shape index (κ2) is 6.93. The van der Waals surface area contributed by atoms with Gasteiger partial charge in [0.25, 0.3) is 0 Å². The zero-order valence-electron chi connectivity index (χ0n) is 15.2. The Balaban J connectivity index is 1.47. The number of nitrogens with one attached hydrogen (secondary N) is 2. The number of anilines is 2. The molecule has 2 unspecified atom stereocenters. The molecule has 4 heterocycles. The van der Waals surface area contributed by atoms with Crippen LogP contribution in [0.4, 0.5) is 11.8 Å². The van der Waals surface area contributed by atoms with Gasteiger partial charge in [-0.2, -0.15) is 4.98 Å². The highest BCUT2D eigenvalue weighted by atomic mass is 32.2. The predicted molar refractivity (Wildman–Crippen MR) is 101 cm³/mol. The Hall–Kier alpha value is -1.05. The van der Waals surface area contributed by atoms with Gasteiger partial charge >= 0.3 is 0 Å². The van der Waals surface area contributed by atoms with E-state index in [2.05, 4.69) is 24.5 Å². The van der Waals surface area contributed by atoms with Crippen LogP contribution in [0.1, 0.15) is 32.4 Å². The van der Waals surface area contributed by atoms with E-state index in [-0.39, 0.29) is 10.8 Å².